The Hall–Kier alpha value is -2.37. The Morgan fingerprint density at radius 2 is 1.70 bits per heavy atom. The van der Waals surface area contributed by atoms with E-state index in [1.807, 2.05) is 18.2 Å². The summed E-state index contributed by atoms with van der Waals surface area (Å²) < 4.78 is 0. The number of aliphatic hydroxyl groups is 1. The number of amides is 1. The Labute approximate surface area is 118 Å². The molecule has 1 N–H and O–H groups in total. The summed E-state index contributed by atoms with van der Waals surface area (Å²) in [4.78, 5) is 13.5. The van der Waals surface area contributed by atoms with Crippen LogP contribution < -0.4 is 0 Å². The predicted octanol–water partition coefficient (Wildman–Crippen LogP) is 1.77. The molecule has 0 saturated heterocycles. The van der Waals surface area contributed by atoms with Crippen LogP contribution in [0.3, 0.4) is 0 Å². The Kier molecular flexibility index (Phi) is 6.81. The molecule has 1 atom stereocenters. The average Bonchev–Trinajstić information content (AvgIpc) is 2.48. The molecule has 0 aliphatic rings. The van der Waals surface area contributed by atoms with Gasteiger partial charge in [-0.2, -0.15) is 10.5 Å². The SMILES string of the molecule is N#CCCN(CCC#N)C(=O)CC(O)c1ccccc1. The zero-order valence-corrected chi connectivity index (χ0v) is 11.2. The first-order chi connectivity index (χ1) is 9.69. The third-order valence-electron chi connectivity index (χ3n) is 2.89. The number of carbonyl (C=O) groups is 1. The topological polar surface area (TPSA) is 88.1 Å². The quantitative estimate of drug-likeness (QED) is 0.818. The second-order valence-corrected chi connectivity index (χ2v) is 4.33. The third kappa shape index (κ3) is 5.09. The fourth-order valence-corrected chi connectivity index (χ4v) is 1.82. The summed E-state index contributed by atoms with van der Waals surface area (Å²) in [7, 11) is 0. The minimum absolute atomic E-state index is 0.0408. The number of nitriles is 2. The first kappa shape index (κ1) is 15.7. The molecular formula is C15H17N3O2. The van der Waals surface area contributed by atoms with E-state index in [4.69, 9.17) is 10.5 Å². The Morgan fingerprint density at radius 3 is 2.20 bits per heavy atom. The number of benzene rings is 1. The van der Waals surface area contributed by atoms with Crippen LogP contribution in [-0.4, -0.2) is 29.0 Å². The lowest BCUT2D eigenvalue weighted by molar-refractivity contribution is -0.133. The van der Waals surface area contributed by atoms with Crippen LogP contribution in [0.4, 0.5) is 0 Å². The highest BCUT2D eigenvalue weighted by atomic mass is 16.3. The van der Waals surface area contributed by atoms with Gasteiger partial charge in [0, 0.05) is 13.1 Å². The molecule has 1 unspecified atom stereocenters. The molecule has 5 nitrogen and oxygen atoms in total. The van der Waals surface area contributed by atoms with Crippen molar-refractivity contribution in [3.63, 3.8) is 0 Å². The van der Waals surface area contributed by atoms with Gasteiger partial charge >= 0.3 is 0 Å². The van der Waals surface area contributed by atoms with Gasteiger partial charge in [-0.1, -0.05) is 30.3 Å². The zero-order chi connectivity index (χ0) is 14.8. The van der Waals surface area contributed by atoms with E-state index in [1.54, 1.807) is 24.3 Å². The number of nitrogens with zero attached hydrogens (tertiary/aromatic N) is 3. The van der Waals surface area contributed by atoms with E-state index in [0.717, 1.165) is 0 Å². The van der Waals surface area contributed by atoms with E-state index in [0.29, 0.717) is 18.7 Å². The molecule has 0 radical (unpaired) electrons. The molecule has 0 heterocycles. The highest BCUT2D eigenvalue weighted by Crippen LogP contribution is 2.17. The van der Waals surface area contributed by atoms with Crippen LogP contribution in [0.5, 0.6) is 0 Å². The van der Waals surface area contributed by atoms with Crippen molar-refractivity contribution in [2.24, 2.45) is 0 Å². The van der Waals surface area contributed by atoms with Crippen molar-refractivity contribution in [2.75, 3.05) is 13.1 Å². The van der Waals surface area contributed by atoms with Gasteiger partial charge in [-0.25, -0.2) is 0 Å². The van der Waals surface area contributed by atoms with Crippen LogP contribution in [0, 0.1) is 22.7 Å². The first-order valence-corrected chi connectivity index (χ1v) is 6.43. The highest BCUT2D eigenvalue weighted by Gasteiger charge is 2.18. The van der Waals surface area contributed by atoms with E-state index in [9.17, 15) is 9.90 Å². The number of rotatable bonds is 7. The van der Waals surface area contributed by atoms with Crippen molar-refractivity contribution < 1.29 is 9.90 Å². The molecule has 20 heavy (non-hydrogen) atoms. The van der Waals surface area contributed by atoms with E-state index >= 15 is 0 Å². The lowest BCUT2D eigenvalue weighted by atomic mass is 10.1. The maximum Gasteiger partial charge on any atom is 0.225 e. The fourth-order valence-electron chi connectivity index (χ4n) is 1.82. The molecule has 0 spiro atoms. The van der Waals surface area contributed by atoms with Crippen molar-refractivity contribution in [3.8, 4) is 12.1 Å². The van der Waals surface area contributed by atoms with Gasteiger partial charge in [-0.3, -0.25) is 4.79 Å². The minimum Gasteiger partial charge on any atom is -0.388 e. The second-order valence-electron chi connectivity index (χ2n) is 4.33. The van der Waals surface area contributed by atoms with Crippen molar-refractivity contribution in [1.29, 1.82) is 10.5 Å². The van der Waals surface area contributed by atoms with Gasteiger partial charge in [-0.05, 0) is 5.56 Å². The summed E-state index contributed by atoms with van der Waals surface area (Å²) in [6, 6.07) is 12.9. The maximum atomic E-state index is 12.1. The van der Waals surface area contributed by atoms with Crippen LogP contribution >= 0.6 is 0 Å². The standard InChI is InChI=1S/C15H17N3O2/c16-8-4-10-18(11-5-9-17)15(20)12-14(19)13-6-2-1-3-7-13/h1-3,6-7,14,19H,4-5,10-12H2. The summed E-state index contributed by atoms with van der Waals surface area (Å²) in [5.74, 6) is -0.244. The van der Waals surface area contributed by atoms with Crippen LogP contribution in [-0.2, 0) is 4.79 Å². The van der Waals surface area contributed by atoms with Gasteiger partial charge in [-0.15, -0.1) is 0 Å². The monoisotopic (exact) mass is 271 g/mol. The largest absolute Gasteiger partial charge is 0.388 e. The normalized spacial score (nSPS) is 11.2. The Morgan fingerprint density at radius 1 is 1.15 bits per heavy atom. The Bertz CT molecular complexity index is 484. The van der Waals surface area contributed by atoms with Crippen LogP contribution in [0.1, 0.15) is 30.9 Å². The maximum absolute atomic E-state index is 12.1. The first-order valence-electron chi connectivity index (χ1n) is 6.43. The molecule has 104 valence electrons. The van der Waals surface area contributed by atoms with Crippen LogP contribution in [0.15, 0.2) is 30.3 Å². The molecule has 0 saturated carbocycles. The molecule has 0 aromatic heterocycles. The molecule has 5 heteroatoms. The molecule has 0 aliphatic carbocycles. The van der Waals surface area contributed by atoms with Gasteiger partial charge in [0.1, 0.15) is 0 Å². The third-order valence-corrected chi connectivity index (χ3v) is 2.89. The summed E-state index contributed by atoms with van der Waals surface area (Å²) in [6.45, 7) is 0.580. The summed E-state index contributed by atoms with van der Waals surface area (Å²) in [5, 5.41) is 27.2. The molecule has 1 rings (SSSR count). The van der Waals surface area contributed by atoms with Gasteiger partial charge in [0.2, 0.25) is 5.91 Å². The number of hydrogen-bond acceptors (Lipinski definition) is 4. The second kappa shape index (κ2) is 8.68. The van der Waals surface area contributed by atoms with E-state index in [2.05, 4.69) is 0 Å². The smallest absolute Gasteiger partial charge is 0.225 e. The number of aliphatic hydroxyl groups excluding tert-OH is 1. The summed E-state index contributed by atoms with van der Waals surface area (Å²) in [6.07, 6.45) is -0.465. The molecule has 0 fully saturated rings. The van der Waals surface area contributed by atoms with Crippen LogP contribution in [0.2, 0.25) is 0 Å². The number of carbonyl (C=O) groups excluding carboxylic acids is 1. The van der Waals surface area contributed by atoms with E-state index < -0.39 is 6.10 Å². The van der Waals surface area contributed by atoms with Crippen molar-refractivity contribution in [2.45, 2.75) is 25.4 Å². The zero-order valence-electron chi connectivity index (χ0n) is 11.2. The number of hydrogen-bond donors (Lipinski definition) is 1. The highest BCUT2D eigenvalue weighted by molar-refractivity contribution is 5.77. The van der Waals surface area contributed by atoms with Crippen LogP contribution in [0.25, 0.3) is 0 Å². The molecule has 1 amide bonds. The lowest BCUT2D eigenvalue weighted by Gasteiger charge is -2.22. The fraction of sp³-hybridized carbons (Fsp3) is 0.400. The van der Waals surface area contributed by atoms with Gasteiger partial charge < -0.3 is 10.0 Å². The van der Waals surface area contributed by atoms with Gasteiger partial charge in [0.15, 0.2) is 0 Å². The minimum atomic E-state index is -0.865. The molecule has 0 bridgehead atoms. The van der Waals surface area contributed by atoms with E-state index in [1.165, 1.54) is 4.90 Å². The molecule has 1 aromatic carbocycles. The van der Waals surface area contributed by atoms with Crippen molar-refractivity contribution >= 4 is 5.91 Å². The average molecular weight is 271 g/mol. The molecular weight excluding hydrogens is 254 g/mol. The van der Waals surface area contributed by atoms with Gasteiger partial charge in [0.05, 0.1) is 37.5 Å². The lowest BCUT2D eigenvalue weighted by Crippen LogP contribution is -2.33. The van der Waals surface area contributed by atoms with Gasteiger partial charge in [0.25, 0.3) is 0 Å². The van der Waals surface area contributed by atoms with E-state index in [-0.39, 0.29) is 25.2 Å². The molecule has 1 aromatic rings. The molecule has 0 aliphatic heterocycles. The van der Waals surface area contributed by atoms with Crippen molar-refractivity contribution in [3.05, 3.63) is 35.9 Å². The Balaban J connectivity index is 2.61. The summed E-state index contributed by atoms with van der Waals surface area (Å²) in [5.41, 5.74) is 0.682. The summed E-state index contributed by atoms with van der Waals surface area (Å²) >= 11 is 0. The predicted molar refractivity (Wildman–Crippen MR) is 73.1 cm³/mol. The van der Waals surface area contributed by atoms with Crippen molar-refractivity contribution in [1.82, 2.24) is 4.90 Å².